The third-order valence-electron chi connectivity index (χ3n) is 3.46. The van der Waals surface area contributed by atoms with Gasteiger partial charge in [-0.3, -0.25) is 9.20 Å². The molecule has 1 N–H and O–H groups in total. The second-order valence-corrected chi connectivity index (χ2v) is 5.17. The van der Waals surface area contributed by atoms with Crippen molar-refractivity contribution in [3.8, 4) is 5.75 Å². The summed E-state index contributed by atoms with van der Waals surface area (Å²) in [5.41, 5.74) is -0.0742. The van der Waals surface area contributed by atoms with Gasteiger partial charge in [-0.2, -0.15) is 0 Å². The molecule has 0 aliphatic rings. The van der Waals surface area contributed by atoms with E-state index in [1.165, 1.54) is 12.1 Å². The quantitative estimate of drug-likeness (QED) is 0.675. The molecule has 0 amide bonds. The summed E-state index contributed by atoms with van der Waals surface area (Å²) in [6.07, 6.45) is 4.69. The molecule has 0 aliphatic heterocycles. The zero-order valence-electron chi connectivity index (χ0n) is 13.5. The molecule has 0 aromatic carbocycles. The summed E-state index contributed by atoms with van der Waals surface area (Å²) in [5.74, 6) is -2.05. The monoisotopic (exact) mass is 331 g/mol. The lowest BCUT2D eigenvalue weighted by Gasteiger charge is -2.14. The fourth-order valence-electron chi connectivity index (χ4n) is 2.47. The fourth-order valence-corrected chi connectivity index (χ4v) is 2.47. The van der Waals surface area contributed by atoms with E-state index in [1.807, 2.05) is 6.92 Å². The Kier molecular flexibility index (Phi) is 5.18. The summed E-state index contributed by atoms with van der Waals surface area (Å²) in [5, 5.41) is 10.5. The summed E-state index contributed by atoms with van der Waals surface area (Å²) in [4.78, 5) is 24.5. The first-order valence-corrected chi connectivity index (χ1v) is 7.44. The number of carbonyl (C=O) groups excluding carboxylic acids is 1. The zero-order chi connectivity index (χ0) is 17.9. The molecule has 0 bridgehead atoms. The van der Waals surface area contributed by atoms with Gasteiger partial charge in [0.15, 0.2) is 5.56 Å². The van der Waals surface area contributed by atoms with Crippen molar-refractivity contribution in [1.82, 2.24) is 4.40 Å². The van der Waals surface area contributed by atoms with E-state index in [-0.39, 0.29) is 13.0 Å². The van der Waals surface area contributed by atoms with Crippen LogP contribution in [-0.2, 0) is 11.2 Å². The van der Waals surface area contributed by atoms with E-state index < -0.39 is 28.7 Å². The van der Waals surface area contributed by atoms with Crippen LogP contribution in [0.2, 0.25) is 0 Å². The molecular formula is C18H18FNO4. The number of rotatable bonds is 5. The highest BCUT2D eigenvalue weighted by atomic mass is 19.1. The minimum Gasteiger partial charge on any atom is -0.506 e. The van der Waals surface area contributed by atoms with Gasteiger partial charge in [-0.05, 0) is 26.0 Å². The van der Waals surface area contributed by atoms with Gasteiger partial charge in [0.1, 0.15) is 11.6 Å². The molecule has 2 rings (SSSR count). The summed E-state index contributed by atoms with van der Waals surface area (Å²) in [6.45, 7) is 7.31. The van der Waals surface area contributed by atoms with E-state index in [2.05, 4.69) is 6.58 Å². The Morgan fingerprint density at radius 1 is 1.46 bits per heavy atom. The maximum atomic E-state index is 13.5. The molecule has 6 heteroatoms. The van der Waals surface area contributed by atoms with Crippen molar-refractivity contribution in [1.29, 1.82) is 0 Å². The summed E-state index contributed by atoms with van der Waals surface area (Å²) < 4.78 is 19.4. The molecule has 126 valence electrons. The summed E-state index contributed by atoms with van der Waals surface area (Å²) >= 11 is 0. The highest BCUT2D eigenvalue weighted by Crippen LogP contribution is 2.27. The van der Waals surface area contributed by atoms with E-state index >= 15 is 0 Å². The summed E-state index contributed by atoms with van der Waals surface area (Å²) in [7, 11) is 0. The van der Waals surface area contributed by atoms with Crippen LogP contribution in [0.4, 0.5) is 4.39 Å². The summed E-state index contributed by atoms with van der Waals surface area (Å²) in [6, 6.07) is 2.56. The number of ether oxygens (including phenoxy) is 1. The average molecular weight is 331 g/mol. The van der Waals surface area contributed by atoms with Crippen molar-refractivity contribution in [3.63, 3.8) is 0 Å². The predicted molar refractivity (Wildman–Crippen MR) is 88.9 cm³/mol. The van der Waals surface area contributed by atoms with Crippen LogP contribution >= 0.6 is 0 Å². The number of esters is 1. The number of carbonyl (C=O) groups is 1. The number of aromatic hydroxyl groups is 1. The highest BCUT2D eigenvalue weighted by Gasteiger charge is 2.24. The van der Waals surface area contributed by atoms with E-state index in [4.69, 9.17) is 4.74 Å². The molecule has 0 atom stereocenters. The van der Waals surface area contributed by atoms with Gasteiger partial charge in [0, 0.05) is 18.2 Å². The number of aromatic nitrogens is 1. The van der Waals surface area contributed by atoms with Gasteiger partial charge in [-0.1, -0.05) is 24.3 Å². The van der Waals surface area contributed by atoms with E-state index in [1.54, 1.807) is 19.1 Å². The van der Waals surface area contributed by atoms with Crippen molar-refractivity contribution in [2.75, 3.05) is 6.61 Å². The SMILES string of the molecule is C=C(C=CC)Cc1c(O)c(C(=O)OCC)c(=O)n2cc(F)ccc12. The second-order valence-electron chi connectivity index (χ2n) is 5.17. The molecule has 0 spiro atoms. The third kappa shape index (κ3) is 3.22. The molecule has 0 unspecified atom stereocenters. The van der Waals surface area contributed by atoms with Gasteiger partial charge in [0.05, 0.1) is 12.1 Å². The Labute approximate surface area is 138 Å². The molecule has 24 heavy (non-hydrogen) atoms. The molecular weight excluding hydrogens is 313 g/mol. The zero-order valence-corrected chi connectivity index (χ0v) is 13.5. The number of nitrogens with zero attached hydrogens (tertiary/aromatic N) is 1. The lowest BCUT2D eigenvalue weighted by atomic mass is 10.0. The fraction of sp³-hybridized carbons (Fsp3) is 0.222. The van der Waals surface area contributed by atoms with Crippen molar-refractivity contribution in [2.45, 2.75) is 20.3 Å². The van der Waals surface area contributed by atoms with Crippen LogP contribution in [-0.4, -0.2) is 22.1 Å². The van der Waals surface area contributed by atoms with Crippen LogP contribution in [0.5, 0.6) is 5.75 Å². The maximum absolute atomic E-state index is 13.5. The van der Waals surface area contributed by atoms with Crippen LogP contribution in [0, 0.1) is 5.82 Å². The molecule has 2 aromatic rings. The molecule has 0 saturated carbocycles. The van der Waals surface area contributed by atoms with Crippen LogP contribution in [0.3, 0.4) is 0 Å². The normalized spacial score (nSPS) is 11.1. The Bertz CT molecular complexity index is 896. The minimum absolute atomic E-state index is 0.0458. The number of halogens is 1. The van der Waals surface area contributed by atoms with Crippen molar-refractivity contribution < 1.29 is 19.0 Å². The Morgan fingerprint density at radius 3 is 2.79 bits per heavy atom. The topological polar surface area (TPSA) is 68.0 Å². The van der Waals surface area contributed by atoms with Gasteiger partial charge in [-0.25, -0.2) is 9.18 Å². The minimum atomic E-state index is -0.948. The number of pyridine rings is 2. The highest BCUT2D eigenvalue weighted by molar-refractivity contribution is 5.93. The van der Waals surface area contributed by atoms with E-state index in [9.17, 15) is 19.1 Å². The average Bonchev–Trinajstić information content (AvgIpc) is 2.52. The van der Waals surface area contributed by atoms with Gasteiger partial charge < -0.3 is 9.84 Å². The van der Waals surface area contributed by atoms with Gasteiger partial charge >= 0.3 is 5.97 Å². The molecule has 0 fully saturated rings. The molecule has 2 heterocycles. The Morgan fingerprint density at radius 2 is 2.17 bits per heavy atom. The lowest BCUT2D eigenvalue weighted by Crippen LogP contribution is -2.25. The largest absolute Gasteiger partial charge is 0.506 e. The standard InChI is InChI=1S/C18H18FNO4/c1-4-6-11(3)9-13-14-8-7-12(19)10-20(14)17(22)15(16(13)21)18(23)24-5-2/h4,6-8,10,21H,3,5,9H2,1-2H3. The molecule has 0 aliphatic carbocycles. The van der Waals surface area contributed by atoms with Crippen LogP contribution in [0.15, 0.2) is 47.4 Å². The van der Waals surface area contributed by atoms with Crippen molar-refractivity contribution in [3.05, 3.63) is 69.9 Å². The Balaban J connectivity index is 2.81. The second kappa shape index (κ2) is 7.12. The number of allylic oxidation sites excluding steroid dienone is 3. The van der Waals surface area contributed by atoms with Crippen molar-refractivity contribution in [2.24, 2.45) is 0 Å². The number of hydrogen-bond donors (Lipinski definition) is 1. The van der Waals surface area contributed by atoms with Gasteiger partial charge in [-0.15, -0.1) is 0 Å². The molecule has 2 aromatic heterocycles. The van der Waals surface area contributed by atoms with E-state index in [0.717, 1.165) is 10.6 Å². The predicted octanol–water partition coefficient (Wildman–Crippen LogP) is 3.00. The van der Waals surface area contributed by atoms with Crippen LogP contribution < -0.4 is 5.56 Å². The smallest absolute Gasteiger partial charge is 0.347 e. The first kappa shape index (κ1) is 17.5. The van der Waals surface area contributed by atoms with Crippen LogP contribution in [0.1, 0.15) is 29.8 Å². The molecule has 5 nitrogen and oxygen atoms in total. The molecule has 0 saturated heterocycles. The van der Waals surface area contributed by atoms with E-state index in [0.29, 0.717) is 16.7 Å². The number of fused-ring (bicyclic) bond motifs is 1. The number of hydrogen-bond acceptors (Lipinski definition) is 4. The Hall–Kier alpha value is -2.89. The lowest BCUT2D eigenvalue weighted by molar-refractivity contribution is 0.0520. The van der Waals surface area contributed by atoms with Crippen LogP contribution in [0.25, 0.3) is 5.52 Å². The molecule has 0 radical (unpaired) electrons. The third-order valence-corrected chi connectivity index (χ3v) is 3.46. The van der Waals surface area contributed by atoms with Gasteiger partial charge in [0.25, 0.3) is 5.56 Å². The first-order chi connectivity index (χ1) is 11.4. The maximum Gasteiger partial charge on any atom is 0.347 e. The van der Waals surface area contributed by atoms with Gasteiger partial charge in [0.2, 0.25) is 0 Å². The first-order valence-electron chi connectivity index (χ1n) is 7.44. The van der Waals surface area contributed by atoms with Crippen molar-refractivity contribution >= 4 is 11.5 Å².